The number of rotatable bonds is 6. The van der Waals surface area contributed by atoms with Crippen LogP contribution in [0.1, 0.15) is 16.7 Å². The molecule has 1 aliphatic heterocycles. The molecule has 31 heavy (non-hydrogen) atoms. The predicted octanol–water partition coefficient (Wildman–Crippen LogP) is 3.88. The van der Waals surface area contributed by atoms with Crippen molar-refractivity contribution in [2.75, 3.05) is 25.2 Å². The molecule has 0 bridgehead atoms. The molecule has 0 aromatic heterocycles. The molecule has 0 spiro atoms. The topological polar surface area (TPSA) is 84.7 Å². The summed E-state index contributed by atoms with van der Waals surface area (Å²) in [5.74, 6) is 0.811. The molecule has 0 fully saturated rings. The summed E-state index contributed by atoms with van der Waals surface area (Å²) in [4.78, 5) is 0. The van der Waals surface area contributed by atoms with E-state index in [0.29, 0.717) is 26.1 Å². The molecule has 0 saturated carbocycles. The fourth-order valence-electron chi connectivity index (χ4n) is 4.01. The van der Waals surface area contributed by atoms with Crippen molar-refractivity contribution in [3.05, 3.63) is 77.4 Å². The van der Waals surface area contributed by atoms with Crippen LogP contribution in [0.4, 0.5) is 11.4 Å². The monoisotopic (exact) mass is 437 g/mol. The third kappa shape index (κ3) is 4.58. The first-order chi connectivity index (χ1) is 14.9. The molecule has 0 saturated heterocycles. The fraction of sp³-hybridized carbons (Fsp3) is 0.250. The number of sulfonamides is 1. The summed E-state index contributed by atoms with van der Waals surface area (Å²) in [6.45, 7) is 1.35. The van der Waals surface area contributed by atoms with Gasteiger partial charge in [-0.3, -0.25) is 0 Å². The summed E-state index contributed by atoms with van der Waals surface area (Å²) in [7, 11) is -1.54. The van der Waals surface area contributed by atoms with E-state index in [2.05, 4.69) is 11.4 Å². The summed E-state index contributed by atoms with van der Waals surface area (Å²) >= 11 is 0. The Labute approximate surface area is 183 Å². The number of nitrogens with two attached hydrogens (primary N) is 1. The van der Waals surface area contributed by atoms with Crippen molar-refractivity contribution in [2.45, 2.75) is 19.5 Å². The quantitative estimate of drug-likeness (QED) is 0.611. The van der Waals surface area contributed by atoms with Crippen LogP contribution in [0.25, 0.3) is 11.1 Å². The lowest BCUT2D eigenvalue weighted by Crippen LogP contribution is -2.35. The molecule has 0 unspecified atom stereocenters. The first-order valence-corrected chi connectivity index (χ1v) is 12.0. The summed E-state index contributed by atoms with van der Waals surface area (Å²) in [5.41, 5.74) is 13.4. The van der Waals surface area contributed by atoms with E-state index < -0.39 is 10.0 Å². The standard InChI is InChI=1S/C24H27N3O3S/c1-30-21-10-7-17(8-11-21)23-14-20(9-6-18(23)15-25)26-24-5-3-4-19-16-27(31(2,28)29)13-12-22(19)24/h3-11,14,26H,12-13,15-16,25H2,1-2H3. The Morgan fingerprint density at radius 2 is 1.87 bits per heavy atom. The SMILES string of the molecule is COc1ccc(-c2cc(Nc3cccc4c3CCN(S(C)(=O)=O)C4)ccc2CN)cc1. The molecule has 4 rings (SSSR count). The lowest BCUT2D eigenvalue weighted by Gasteiger charge is -2.28. The van der Waals surface area contributed by atoms with Crippen LogP contribution in [0.2, 0.25) is 0 Å². The van der Waals surface area contributed by atoms with Crippen molar-refractivity contribution < 1.29 is 13.2 Å². The second-order valence-electron chi connectivity index (χ2n) is 7.72. The number of anilines is 2. The Morgan fingerprint density at radius 1 is 1.10 bits per heavy atom. The van der Waals surface area contributed by atoms with Gasteiger partial charge in [-0.25, -0.2) is 8.42 Å². The minimum atomic E-state index is -3.20. The smallest absolute Gasteiger partial charge is 0.211 e. The Morgan fingerprint density at radius 3 is 2.55 bits per heavy atom. The number of nitrogens with one attached hydrogen (secondary N) is 1. The Kier molecular flexibility index (Phi) is 6.00. The summed E-state index contributed by atoms with van der Waals surface area (Å²) < 4.78 is 30.7. The maximum absolute atomic E-state index is 11.9. The number of hydrogen-bond acceptors (Lipinski definition) is 5. The third-order valence-electron chi connectivity index (χ3n) is 5.71. The highest BCUT2D eigenvalue weighted by atomic mass is 32.2. The van der Waals surface area contributed by atoms with E-state index in [1.165, 1.54) is 10.6 Å². The molecule has 3 aromatic carbocycles. The zero-order valence-corrected chi connectivity index (χ0v) is 18.6. The van der Waals surface area contributed by atoms with Crippen molar-refractivity contribution in [1.82, 2.24) is 4.31 Å². The van der Waals surface area contributed by atoms with Gasteiger partial charge in [0, 0.05) is 31.0 Å². The first-order valence-electron chi connectivity index (χ1n) is 10.2. The highest BCUT2D eigenvalue weighted by molar-refractivity contribution is 7.88. The highest BCUT2D eigenvalue weighted by Gasteiger charge is 2.24. The zero-order chi connectivity index (χ0) is 22.0. The van der Waals surface area contributed by atoms with Crippen molar-refractivity contribution in [3.8, 4) is 16.9 Å². The van der Waals surface area contributed by atoms with E-state index >= 15 is 0 Å². The minimum absolute atomic E-state index is 0.410. The Bertz CT molecular complexity index is 1190. The van der Waals surface area contributed by atoms with Gasteiger partial charge in [-0.15, -0.1) is 0 Å². The van der Waals surface area contributed by atoms with Crippen molar-refractivity contribution in [2.24, 2.45) is 5.73 Å². The van der Waals surface area contributed by atoms with Gasteiger partial charge < -0.3 is 15.8 Å². The van der Waals surface area contributed by atoms with Gasteiger partial charge in [-0.05, 0) is 64.6 Å². The van der Waals surface area contributed by atoms with Crippen LogP contribution < -0.4 is 15.8 Å². The number of fused-ring (bicyclic) bond motifs is 1. The number of benzene rings is 3. The summed E-state index contributed by atoms with van der Waals surface area (Å²) in [5, 5.41) is 3.54. The third-order valence-corrected chi connectivity index (χ3v) is 6.96. The van der Waals surface area contributed by atoms with E-state index in [1.54, 1.807) is 7.11 Å². The zero-order valence-electron chi connectivity index (χ0n) is 17.8. The van der Waals surface area contributed by atoms with E-state index in [9.17, 15) is 8.42 Å². The van der Waals surface area contributed by atoms with Gasteiger partial charge in [-0.1, -0.05) is 30.3 Å². The van der Waals surface area contributed by atoms with Crippen LogP contribution in [0.5, 0.6) is 5.75 Å². The number of nitrogens with zero attached hydrogens (tertiary/aromatic N) is 1. The van der Waals surface area contributed by atoms with Crippen LogP contribution in [0.15, 0.2) is 60.7 Å². The lowest BCUT2D eigenvalue weighted by molar-refractivity contribution is 0.395. The number of ether oxygens (including phenoxy) is 1. The molecule has 7 heteroatoms. The molecular formula is C24H27N3O3S. The van der Waals surface area contributed by atoms with Crippen LogP contribution in [-0.4, -0.2) is 32.6 Å². The van der Waals surface area contributed by atoms with Crippen molar-refractivity contribution >= 4 is 21.4 Å². The van der Waals surface area contributed by atoms with Crippen LogP contribution in [0, 0.1) is 0 Å². The largest absolute Gasteiger partial charge is 0.497 e. The van der Waals surface area contributed by atoms with E-state index in [-0.39, 0.29) is 0 Å². The average Bonchev–Trinajstić information content (AvgIpc) is 2.78. The minimum Gasteiger partial charge on any atom is -0.497 e. The number of methoxy groups -OCH3 is 1. The molecular weight excluding hydrogens is 410 g/mol. The van der Waals surface area contributed by atoms with Crippen LogP contribution >= 0.6 is 0 Å². The first kappa shape index (κ1) is 21.4. The normalized spacial score (nSPS) is 14.2. The summed E-state index contributed by atoms with van der Waals surface area (Å²) in [6, 6.07) is 20.1. The Hall–Kier alpha value is -2.87. The number of hydrogen-bond donors (Lipinski definition) is 2. The predicted molar refractivity (Wildman–Crippen MR) is 125 cm³/mol. The molecule has 162 valence electrons. The van der Waals surface area contributed by atoms with Gasteiger partial charge in [0.15, 0.2) is 0 Å². The van der Waals surface area contributed by atoms with Gasteiger partial charge in [0.25, 0.3) is 0 Å². The maximum atomic E-state index is 11.9. The van der Waals surface area contributed by atoms with Gasteiger partial charge in [0.2, 0.25) is 10.0 Å². The van der Waals surface area contributed by atoms with E-state index in [0.717, 1.165) is 44.9 Å². The average molecular weight is 438 g/mol. The molecule has 0 radical (unpaired) electrons. The van der Waals surface area contributed by atoms with E-state index in [4.69, 9.17) is 10.5 Å². The van der Waals surface area contributed by atoms with Gasteiger partial charge in [-0.2, -0.15) is 4.31 Å². The molecule has 1 heterocycles. The molecule has 1 aliphatic rings. The lowest BCUT2D eigenvalue weighted by atomic mass is 9.97. The molecule has 0 aliphatic carbocycles. The molecule has 0 amide bonds. The maximum Gasteiger partial charge on any atom is 0.211 e. The highest BCUT2D eigenvalue weighted by Crippen LogP contribution is 2.33. The van der Waals surface area contributed by atoms with Crippen molar-refractivity contribution in [1.29, 1.82) is 0 Å². The molecule has 6 nitrogen and oxygen atoms in total. The van der Waals surface area contributed by atoms with Gasteiger partial charge in [0.05, 0.1) is 13.4 Å². The molecule has 3 N–H and O–H groups in total. The summed E-state index contributed by atoms with van der Waals surface area (Å²) in [6.07, 6.45) is 1.94. The van der Waals surface area contributed by atoms with Gasteiger partial charge in [0.1, 0.15) is 5.75 Å². The molecule has 3 aromatic rings. The van der Waals surface area contributed by atoms with Gasteiger partial charge >= 0.3 is 0 Å². The second-order valence-corrected chi connectivity index (χ2v) is 9.70. The van der Waals surface area contributed by atoms with Crippen molar-refractivity contribution in [3.63, 3.8) is 0 Å². The molecule has 0 atom stereocenters. The van der Waals surface area contributed by atoms with Crippen LogP contribution in [-0.2, 0) is 29.5 Å². The fourth-order valence-corrected chi connectivity index (χ4v) is 4.81. The Balaban J connectivity index is 1.65. The second kappa shape index (κ2) is 8.70. The van der Waals surface area contributed by atoms with Crippen LogP contribution in [0.3, 0.4) is 0 Å². The van der Waals surface area contributed by atoms with E-state index in [1.807, 2.05) is 54.6 Å².